The Balaban J connectivity index is 1.57. The van der Waals surface area contributed by atoms with Gasteiger partial charge in [0.05, 0.1) is 12.6 Å². The number of likely N-dealkylation sites (tertiary alicyclic amines) is 1. The van der Waals surface area contributed by atoms with Crippen LogP contribution in [-0.4, -0.2) is 119 Å². The van der Waals surface area contributed by atoms with Gasteiger partial charge in [-0.1, -0.05) is 50.6 Å². The van der Waals surface area contributed by atoms with Gasteiger partial charge in [0.2, 0.25) is 35.4 Å². The summed E-state index contributed by atoms with van der Waals surface area (Å²) in [4.78, 5) is 83.9. The Morgan fingerprint density at radius 3 is 2.49 bits per heavy atom. The third-order valence-electron chi connectivity index (χ3n) is 8.93. The van der Waals surface area contributed by atoms with E-state index in [2.05, 4.69) is 16.0 Å². The fourth-order valence-corrected chi connectivity index (χ4v) is 6.14. The molecule has 13 heteroatoms. The Hall–Kier alpha value is -4.00. The number of nitrogens with one attached hydrogen (secondary N) is 3. The molecule has 0 unspecified atom stereocenters. The molecule has 5 atom stereocenters. The molecule has 0 radical (unpaired) electrons. The monoisotopic (exact) mass is 626 g/mol. The average Bonchev–Trinajstić information content (AvgIpc) is 3.62. The van der Waals surface area contributed by atoms with Crippen LogP contribution in [0.1, 0.15) is 57.9 Å². The first-order chi connectivity index (χ1) is 21.6. The van der Waals surface area contributed by atoms with E-state index in [0.29, 0.717) is 32.4 Å². The third kappa shape index (κ3) is 9.03. The minimum atomic E-state index is -1.02. The number of rotatable bonds is 8. The molecule has 4 rings (SSSR count). The summed E-state index contributed by atoms with van der Waals surface area (Å²) in [6.45, 7) is 4.49. The van der Waals surface area contributed by atoms with Crippen molar-refractivity contribution in [3.8, 4) is 0 Å². The summed E-state index contributed by atoms with van der Waals surface area (Å²) >= 11 is 0. The zero-order valence-electron chi connectivity index (χ0n) is 26.2. The summed E-state index contributed by atoms with van der Waals surface area (Å²) in [5, 5.41) is 18.9. The maximum atomic E-state index is 13.9. The number of aliphatic hydroxyl groups excluding tert-OH is 1. The molecule has 1 aromatic carbocycles. The van der Waals surface area contributed by atoms with E-state index >= 15 is 0 Å². The van der Waals surface area contributed by atoms with Crippen LogP contribution < -0.4 is 16.0 Å². The van der Waals surface area contributed by atoms with Gasteiger partial charge in [0, 0.05) is 58.4 Å². The Labute approximate surface area is 264 Å². The fraction of sp³-hybridized carbons (Fsp3) is 0.625. The molecule has 13 nitrogen and oxygen atoms in total. The standard InChI is InChI=1S/C32H46N6O7/c1-3-21(2)29-32(45)38-19-23(39)18-25(38)31(44)34-24(17-22-9-5-4-6-10-22)30(43)33-13-16-37(20-26(40)35-29)28(42)12-8-15-36-14-7-11-27(36)41/h4-6,9-10,21,23-25,29,39H,3,7-8,11-20H2,1-2H3,(H,33,43)(H,34,44)(H,35,40)/t21-,23+,24-,25-,29-/m0/s1. The molecule has 0 spiro atoms. The predicted molar refractivity (Wildman–Crippen MR) is 164 cm³/mol. The van der Waals surface area contributed by atoms with E-state index in [0.717, 1.165) is 12.0 Å². The first-order valence-corrected chi connectivity index (χ1v) is 16.0. The van der Waals surface area contributed by atoms with Gasteiger partial charge in [-0.2, -0.15) is 0 Å². The molecular formula is C32H46N6O7. The number of amides is 6. The highest BCUT2D eigenvalue weighted by Gasteiger charge is 2.43. The van der Waals surface area contributed by atoms with Gasteiger partial charge in [-0.05, 0) is 24.3 Å². The van der Waals surface area contributed by atoms with Gasteiger partial charge in [0.25, 0.3) is 0 Å². The highest BCUT2D eigenvalue weighted by Crippen LogP contribution is 2.23. The molecule has 3 fully saturated rings. The van der Waals surface area contributed by atoms with Crippen molar-refractivity contribution in [2.45, 2.75) is 83.0 Å². The lowest BCUT2D eigenvalue weighted by molar-refractivity contribution is -0.143. The molecule has 3 aliphatic rings. The molecule has 0 aliphatic carbocycles. The number of carbonyl (C=O) groups excluding carboxylic acids is 6. The molecule has 1 aromatic rings. The largest absolute Gasteiger partial charge is 0.391 e. The number of aliphatic hydroxyl groups is 1. The number of nitrogens with zero attached hydrogens (tertiary/aromatic N) is 3. The second-order valence-corrected chi connectivity index (χ2v) is 12.3. The summed E-state index contributed by atoms with van der Waals surface area (Å²) < 4.78 is 0. The molecule has 45 heavy (non-hydrogen) atoms. The second kappa shape index (κ2) is 15.8. The molecule has 3 heterocycles. The maximum absolute atomic E-state index is 13.9. The Kier molecular flexibility index (Phi) is 11.9. The van der Waals surface area contributed by atoms with Crippen LogP contribution in [0.2, 0.25) is 0 Å². The van der Waals surface area contributed by atoms with Crippen molar-refractivity contribution in [1.29, 1.82) is 0 Å². The van der Waals surface area contributed by atoms with Gasteiger partial charge in [-0.15, -0.1) is 0 Å². The smallest absolute Gasteiger partial charge is 0.246 e. The number of hydrogen-bond donors (Lipinski definition) is 4. The van der Waals surface area contributed by atoms with Gasteiger partial charge in [-0.25, -0.2) is 0 Å². The molecule has 246 valence electrons. The van der Waals surface area contributed by atoms with Gasteiger partial charge in [0.1, 0.15) is 18.1 Å². The van der Waals surface area contributed by atoms with Crippen molar-refractivity contribution in [2.24, 2.45) is 5.92 Å². The molecular weight excluding hydrogens is 580 g/mol. The topological polar surface area (TPSA) is 168 Å². The van der Waals surface area contributed by atoms with E-state index in [9.17, 15) is 33.9 Å². The van der Waals surface area contributed by atoms with Crippen LogP contribution >= 0.6 is 0 Å². The van der Waals surface area contributed by atoms with E-state index in [1.807, 2.05) is 44.2 Å². The molecule has 3 saturated heterocycles. The van der Waals surface area contributed by atoms with Gasteiger partial charge in [-0.3, -0.25) is 28.8 Å². The lowest BCUT2D eigenvalue weighted by atomic mass is 9.97. The van der Waals surface area contributed by atoms with Crippen molar-refractivity contribution in [3.63, 3.8) is 0 Å². The highest BCUT2D eigenvalue weighted by molar-refractivity contribution is 5.95. The molecule has 0 aromatic heterocycles. The van der Waals surface area contributed by atoms with Crippen LogP contribution in [0, 0.1) is 5.92 Å². The van der Waals surface area contributed by atoms with E-state index in [1.54, 1.807) is 4.90 Å². The third-order valence-corrected chi connectivity index (χ3v) is 8.93. The Morgan fingerprint density at radius 1 is 1.04 bits per heavy atom. The minimum absolute atomic E-state index is 0.00370. The molecule has 3 aliphatic heterocycles. The van der Waals surface area contributed by atoms with Gasteiger partial charge < -0.3 is 35.8 Å². The summed E-state index contributed by atoms with van der Waals surface area (Å²) in [7, 11) is 0. The van der Waals surface area contributed by atoms with E-state index < -0.39 is 47.9 Å². The van der Waals surface area contributed by atoms with Crippen molar-refractivity contribution < 1.29 is 33.9 Å². The van der Waals surface area contributed by atoms with Crippen molar-refractivity contribution in [2.75, 3.05) is 39.3 Å². The SMILES string of the molecule is CC[C@H](C)[C@@H]1NC(=O)CN(C(=O)CCCN2CCCC2=O)CCNC(=O)[C@H](Cc2ccccc2)NC(=O)[C@@H]2C[C@@H](O)CN2C1=O. The molecule has 4 N–H and O–H groups in total. The zero-order valence-corrected chi connectivity index (χ0v) is 26.2. The maximum Gasteiger partial charge on any atom is 0.246 e. The van der Waals surface area contributed by atoms with Gasteiger partial charge >= 0.3 is 0 Å². The lowest BCUT2D eigenvalue weighted by Crippen LogP contribution is -2.58. The number of carbonyl (C=O) groups is 6. The van der Waals surface area contributed by atoms with Crippen LogP contribution in [0.5, 0.6) is 0 Å². The summed E-state index contributed by atoms with van der Waals surface area (Å²) in [6.07, 6.45) is 1.67. The summed E-state index contributed by atoms with van der Waals surface area (Å²) in [6, 6.07) is 6.21. The first-order valence-electron chi connectivity index (χ1n) is 16.0. The Morgan fingerprint density at radius 2 is 1.80 bits per heavy atom. The second-order valence-electron chi connectivity index (χ2n) is 12.3. The molecule has 0 bridgehead atoms. The van der Waals surface area contributed by atoms with E-state index in [4.69, 9.17) is 0 Å². The van der Waals surface area contributed by atoms with Crippen LogP contribution in [0.3, 0.4) is 0 Å². The number of benzene rings is 1. The molecule has 0 saturated carbocycles. The average molecular weight is 627 g/mol. The van der Waals surface area contributed by atoms with Crippen molar-refractivity contribution in [1.82, 2.24) is 30.7 Å². The predicted octanol–water partition coefficient (Wildman–Crippen LogP) is -0.432. The highest BCUT2D eigenvalue weighted by atomic mass is 16.3. The zero-order chi connectivity index (χ0) is 32.5. The van der Waals surface area contributed by atoms with Crippen LogP contribution in [0.25, 0.3) is 0 Å². The van der Waals surface area contributed by atoms with Crippen LogP contribution in [-0.2, 0) is 35.2 Å². The number of fused-ring (bicyclic) bond motifs is 1. The van der Waals surface area contributed by atoms with Crippen molar-refractivity contribution >= 4 is 35.4 Å². The van der Waals surface area contributed by atoms with E-state index in [-0.39, 0.29) is 63.2 Å². The van der Waals surface area contributed by atoms with Crippen LogP contribution in [0.4, 0.5) is 0 Å². The molecule has 6 amide bonds. The van der Waals surface area contributed by atoms with Crippen molar-refractivity contribution in [3.05, 3.63) is 35.9 Å². The minimum Gasteiger partial charge on any atom is -0.391 e. The Bertz CT molecular complexity index is 1240. The van der Waals surface area contributed by atoms with E-state index in [1.165, 1.54) is 9.80 Å². The summed E-state index contributed by atoms with van der Waals surface area (Å²) in [5.41, 5.74) is 0.815. The fourth-order valence-electron chi connectivity index (χ4n) is 6.14. The quantitative estimate of drug-likeness (QED) is 0.304. The summed E-state index contributed by atoms with van der Waals surface area (Å²) in [5.74, 6) is -2.60. The lowest BCUT2D eigenvalue weighted by Gasteiger charge is -2.32. The van der Waals surface area contributed by atoms with Gasteiger partial charge in [0.15, 0.2) is 0 Å². The normalized spacial score (nSPS) is 26.0. The first kappa shape index (κ1) is 33.9. The van der Waals surface area contributed by atoms with Crippen LogP contribution in [0.15, 0.2) is 30.3 Å². The number of hydrogen-bond acceptors (Lipinski definition) is 7.